The number of rotatable bonds is 4. The molecule has 1 spiro atoms. The number of aromatic hydroxyl groups is 1. The molecule has 0 saturated heterocycles. The zero-order chi connectivity index (χ0) is 22.5. The van der Waals surface area contributed by atoms with E-state index in [0.29, 0.717) is 42.2 Å². The van der Waals surface area contributed by atoms with E-state index in [2.05, 4.69) is 20.6 Å². The molecule has 0 unspecified atom stereocenters. The molecule has 3 heterocycles. The number of carbonyl (C=O) groups is 1. The van der Waals surface area contributed by atoms with Gasteiger partial charge in [-0.1, -0.05) is 11.3 Å². The maximum atomic E-state index is 13.8. The molecule has 1 aromatic carbocycles. The van der Waals surface area contributed by atoms with Crippen LogP contribution >= 0.6 is 0 Å². The summed E-state index contributed by atoms with van der Waals surface area (Å²) in [5.41, 5.74) is -0.0449. The molecule has 1 aliphatic carbocycles. The summed E-state index contributed by atoms with van der Waals surface area (Å²) in [5, 5.41) is 20.9. The molecule has 0 radical (unpaired) electrons. The van der Waals surface area contributed by atoms with Crippen molar-refractivity contribution in [2.75, 3.05) is 6.61 Å². The van der Waals surface area contributed by atoms with Crippen LogP contribution in [0, 0.1) is 12.7 Å². The summed E-state index contributed by atoms with van der Waals surface area (Å²) in [6, 6.07) is 4.08. The predicted octanol–water partition coefficient (Wildman–Crippen LogP) is 1.32. The molecule has 166 valence electrons. The van der Waals surface area contributed by atoms with Crippen LogP contribution in [0.5, 0.6) is 5.75 Å². The summed E-state index contributed by atoms with van der Waals surface area (Å²) in [5.74, 6) is -1.50. The van der Waals surface area contributed by atoms with Gasteiger partial charge in [-0.25, -0.2) is 14.1 Å². The summed E-state index contributed by atoms with van der Waals surface area (Å²) in [7, 11) is 0. The van der Waals surface area contributed by atoms with E-state index in [1.54, 1.807) is 13.1 Å². The number of carbonyl (C=O) groups excluding carboxylic acids is 1. The monoisotopic (exact) mass is 440 g/mol. The van der Waals surface area contributed by atoms with Gasteiger partial charge in [0, 0.05) is 6.54 Å². The van der Waals surface area contributed by atoms with Crippen molar-refractivity contribution < 1.29 is 19.0 Å². The van der Waals surface area contributed by atoms with Crippen molar-refractivity contribution in [1.82, 2.24) is 29.9 Å². The maximum Gasteiger partial charge on any atom is 0.296 e. The number of halogens is 1. The van der Waals surface area contributed by atoms with Gasteiger partial charge in [-0.2, -0.15) is 0 Å². The summed E-state index contributed by atoms with van der Waals surface area (Å²) < 4.78 is 22.5. The quantitative estimate of drug-likeness (QED) is 0.627. The zero-order valence-electron chi connectivity index (χ0n) is 17.3. The number of hydrogen-bond acceptors (Lipinski definition) is 7. The number of nitrogens with one attached hydrogen (secondary N) is 1. The Morgan fingerprint density at radius 1 is 1.38 bits per heavy atom. The molecular formula is C21H21FN6O4. The van der Waals surface area contributed by atoms with Gasteiger partial charge in [0.25, 0.3) is 11.5 Å². The molecule has 1 saturated carbocycles. The van der Waals surface area contributed by atoms with Crippen molar-refractivity contribution in [2.24, 2.45) is 0 Å². The third-order valence-electron chi connectivity index (χ3n) is 5.96. The van der Waals surface area contributed by atoms with Crippen molar-refractivity contribution >= 4 is 5.91 Å². The smallest absolute Gasteiger partial charge is 0.296 e. The van der Waals surface area contributed by atoms with E-state index < -0.39 is 28.6 Å². The third-order valence-corrected chi connectivity index (χ3v) is 5.96. The second-order valence-electron chi connectivity index (χ2n) is 8.05. The van der Waals surface area contributed by atoms with E-state index >= 15 is 0 Å². The summed E-state index contributed by atoms with van der Waals surface area (Å²) in [6.07, 6.45) is 3.99. The van der Waals surface area contributed by atoms with Crippen molar-refractivity contribution in [3.63, 3.8) is 0 Å². The first-order valence-electron chi connectivity index (χ1n) is 10.3. The first kappa shape index (κ1) is 20.3. The molecule has 0 bridgehead atoms. The number of ether oxygens (including phenoxy) is 1. The molecule has 3 aromatic rings. The molecule has 2 N–H and O–H groups in total. The average Bonchev–Trinajstić information content (AvgIpc) is 3.19. The van der Waals surface area contributed by atoms with E-state index in [9.17, 15) is 19.1 Å². The van der Waals surface area contributed by atoms with Crippen molar-refractivity contribution in [3.05, 3.63) is 63.3 Å². The van der Waals surface area contributed by atoms with Crippen LogP contribution in [0.1, 0.15) is 46.8 Å². The van der Waals surface area contributed by atoms with E-state index in [0.717, 1.165) is 6.42 Å². The topological polar surface area (TPSA) is 124 Å². The highest BCUT2D eigenvalue weighted by molar-refractivity contribution is 5.94. The number of benzene rings is 1. The number of amides is 1. The number of aryl methyl sites for hydroxylation is 1. The minimum atomic E-state index is -0.715. The normalized spacial score (nSPS) is 16.4. The second kappa shape index (κ2) is 7.52. The number of nitrogens with zero attached hydrogens (tertiary/aromatic N) is 5. The lowest BCUT2D eigenvalue weighted by Crippen LogP contribution is -2.49. The average molecular weight is 440 g/mol. The van der Waals surface area contributed by atoms with E-state index in [4.69, 9.17) is 4.74 Å². The van der Waals surface area contributed by atoms with Gasteiger partial charge in [0.15, 0.2) is 5.69 Å². The lowest BCUT2D eigenvalue weighted by atomic mass is 9.78. The van der Waals surface area contributed by atoms with Gasteiger partial charge in [0.1, 0.15) is 17.2 Å². The standard InChI is InChI=1S/C21H21FN6O4/c1-12-11-28(26-25-12)15-9-14(22)4-3-13(15)10-23-18(30)16-17(29)19(31)27-7-8-32-21(5-2-6-21)20(27)24-16/h3-4,9,11,29H,2,5-8,10H2,1H3,(H,23,30). The number of hydrogen-bond donors (Lipinski definition) is 2. The van der Waals surface area contributed by atoms with E-state index in [1.165, 1.54) is 27.4 Å². The fourth-order valence-corrected chi connectivity index (χ4v) is 4.14. The highest BCUT2D eigenvalue weighted by Gasteiger charge is 2.46. The Bertz CT molecular complexity index is 1280. The minimum Gasteiger partial charge on any atom is -0.501 e. The number of aromatic nitrogens is 5. The molecule has 1 fully saturated rings. The third kappa shape index (κ3) is 3.25. The lowest BCUT2D eigenvalue weighted by Gasteiger charge is -2.44. The van der Waals surface area contributed by atoms with Crippen LogP contribution in [-0.4, -0.2) is 42.2 Å². The molecule has 1 amide bonds. The van der Waals surface area contributed by atoms with Gasteiger partial charge in [-0.3, -0.25) is 14.2 Å². The summed E-state index contributed by atoms with van der Waals surface area (Å²) >= 11 is 0. The Balaban J connectivity index is 1.44. The fourth-order valence-electron chi connectivity index (χ4n) is 4.14. The van der Waals surface area contributed by atoms with Crippen LogP contribution in [0.15, 0.2) is 29.2 Å². The molecule has 2 aromatic heterocycles. The highest BCUT2D eigenvalue weighted by Crippen LogP contribution is 2.45. The van der Waals surface area contributed by atoms with Crippen LogP contribution < -0.4 is 10.9 Å². The van der Waals surface area contributed by atoms with Gasteiger partial charge in [0.05, 0.1) is 30.7 Å². The lowest BCUT2D eigenvalue weighted by molar-refractivity contribution is -0.134. The minimum absolute atomic E-state index is 0.00542. The largest absolute Gasteiger partial charge is 0.501 e. The Morgan fingerprint density at radius 3 is 2.88 bits per heavy atom. The van der Waals surface area contributed by atoms with Crippen molar-refractivity contribution in [2.45, 2.75) is 44.9 Å². The van der Waals surface area contributed by atoms with Gasteiger partial charge in [-0.15, -0.1) is 5.10 Å². The Kier molecular flexibility index (Phi) is 4.77. The first-order chi connectivity index (χ1) is 15.4. The van der Waals surface area contributed by atoms with E-state index in [1.807, 2.05) is 0 Å². The van der Waals surface area contributed by atoms with E-state index in [-0.39, 0.29) is 18.8 Å². The highest BCUT2D eigenvalue weighted by atomic mass is 19.1. The zero-order valence-corrected chi connectivity index (χ0v) is 17.3. The van der Waals surface area contributed by atoms with Crippen molar-refractivity contribution in [1.29, 1.82) is 0 Å². The van der Waals surface area contributed by atoms with Gasteiger partial charge >= 0.3 is 0 Å². The van der Waals surface area contributed by atoms with Crippen LogP contribution in [0.3, 0.4) is 0 Å². The molecule has 11 heteroatoms. The summed E-state index contributed by atoms with van der Waals surface area (Å²) in [4.78, 5) is 29.9. The van der Waals surface area contributed by atoms with Crippen LogP contribution in [0.4, 0.5) is 4.39 Å². The molecule has 0 atom stereocenters. The molecule has 5 rings (SSSR count). The second-order valence-corrected chi connectivity index (χ2v) is 8.05. The molecule has 2 aliphatic rings. The molecular weight excluding hydrogens is 419 g/mol. The number of fused-ring (bicyclic) bond motifs is 2. The maximum absolute atomic E-state index is 13.8. The first-order valence-corrected chi connectivity index (χ1v) is 10.3. The Hall–Kier alpha value is -3.60. The molecule has 1 aliphatic heterocycles. The van der Waals surface area contributed by atoms with Crippen LogP contribution in [0.2, 0.25) is 0 Å². The Morgan fingerprint density at radius 2 is 2.19 bits per heavy atom. The SMILES string of the molecule is Cc1cn(-c2cc(F)ccc2CNC(=O)c2nc3n(c(=O)c2O)CCOC32CCC2)nn1. The summed E-state index contributed by atoms with van der Waals surface area (Å²) in [6.45, 7) is 2.38. The fraction of sp³-hybridized carbons (Fsp3) is 0.381. The Labute approximate surface area is 181 Å². The molecule has 32 heavy (non-hydrogen) atoms. The van der Waals surface area contributed by atoms with Gasteiger partial charge < -0.3 is 15.2 Å². The van der Waals surface area contributed by atoms with Crippen molar-refractivity contribution in [3.8, 4) is 11.4 Å². The van der Waals surface area contributed by atoms with Gasteiger partial charge in [-0.05, 0) is 43.9 Å². The predicted molar refractivity (Wildman–Crippen MR) is 109 cm³/mol. The molecule has 10 nitrogen and oxygen atoms in total. The van der Waals surface area contributed by atoms with Crippen LogP contribution in [-0.2, 0) is 23.4 Å². The van der Waals surface area contributed by atoms with Gasteiger partial charge in [0.2, 0.25) is 5.75 Å². The van der Waals surface area contributed by atoms with Crippen LogP contribution in [0.25, 0.3) is 5.69 Å².